The number of allylic oxidation sites excluding steroid dienone is 14. The van der Waals surface area contributed by atoms with E-state index >= 15 is 0 Å². The van der Waals surface area contributed by atoms with Crippen molar-refractivity contribution in [3.63, 3.8) is 0 Å². The molecule has 0 N–H and O–H groups in total. The molecule has 366 valence electrons. The average molecular weight is 891 g/mol. The van der Waals surface area contributed by atoms with Gasteiger partial charge in [0.2, 0.25) is 0 Å². The predicted octanol–water partition coefficient (Wildman–Crippen LogP) is 17.6. The minimum absolute atomic E-state index is 0.0845. The fourth-order valence-corrected chi connectivity index (χ4v) is 7.19. The third-order valence-electron chi connectivity index (χ3n) is 11.2. The highest BCUT2D eigenvalue weighted by molar-refractivity contribution is 5.71. The first-order valence-corrected chi connectivity index (χ1v) is 26.6. The van der Waals surface area contributed by atoms with Crippen LogP contribution in [0.5, 0.6) is 0 Å². The Kier molecular flexibility index (Phi) is 49.4. The van der Waals surface area contributed by atoms with Gasteiger partial charge >= 0.3 is 17.9 Å². The molecule has 0 saturated heterocycles. The van der Waals surface area contributed by atoms with E-state index in [1.807, 2.05) is 0 Å². The van der Waals surface area contributed by atoms with Crippen LogP contribution in [0.25, 0.3) is 0 Å². The minimum atomic E-state index is -0.785. The standard InChI is InChI=1S/C58H98O6/c1-4-7-10-13-16-19-22-23-24-25-26-27-28-29-30-31-32-33-34-35-37-39-42-45-48-51-57(60)63-54-55(53-62-56(59)50-47-44-41-38-21-18-15-12-9-6-3)64-58(61)52-49-46-43-40-36-20-17-14-11-8-5-2/h7,10,16,19,23-24,26-27,29-30,32-33,35,37,55H,4-6,8-9,11-15,17-18,20-22,25,28,31,34,36,38-54H2,1-3H3/b10-7-,19-16-,24-23-,27-26-,30-29-,33-32-,37-35-. The number of rotatable bonds is 47. The molecule has 6 nitrogen and oxygen atoms in total. The zero-order valence-electron chi connectivity index (χ0n) is 41.8. The summed E-state index contributed by atoms with van der Waals surface area (Å²) >= 11 is 0. The molecule has 0 aromatic rings. The van der Waals surface area contributed by atoms with Gasteiger partial charge in [-0.2, -0.15) is 0 Å². The predicted molar refractivity (Wildman–Crippen MR) is 274 cm³/mol. The Labute approximate surface area is 395 Å². The van der Waals surface area contributed by atoms with E-state index in [4.69, 9.17) is 14.2 Å². The van der Waals surface area contributed by atoms with Crippen LogP contribution in [0.3, 0.4) is 0 Å². The van der Waals surface area contributed by atoms with Crippen LogP contribution in [0.15, 0.2) is 85.1 Å². The quantitative estimate of drug-likeness (QED) is 0.0262. The molecule has 1 atom stereocenters. The van der Waals surface area contributed by atoms with Crippen molar-refractivity contribution in [2.45, 2.75) is 252 Å². The lowest BCUT2D eigenvalue weighted by Gasteiger charge is -2.18. The summed E-state index contributed by atoms with van der Waals surface area (Å²) in [6, 6.07) is 0. The first-order valence-electron chi connectivity index (χ1n) is 26.6. The second kappa shape index (κ2) is 52.2. The monoisotopic (exact) mass is 891 g/mol. The van der Waals surface area contributed by atoms with Gasteiger partial charge in [-0.05, 0) is 77.0 Å². The second-order valence-corrected chi connectivity index (χ2v) is 17.4. The summed E-state index contributed by atoms with van der Waals surface area (Å²) in [7, 11) is 0. The fraction of sp³-hybridized carbons (Fsp3) is 0.707. The maximum atomic E-state index is 12.7. The van der Waals surface area contributed by atoms with Crippen molar-refractivity contribution in [1.82, 2.24) is 0 Å². The highest BCUT2D eigenvalue weighted by Gasteiger charge is 2.19. The highest BCUT2D eigenvalue weighted by Crippen LogP contribution is 2.15. The summed E-state index contributed by atoms with van der Waals surface area (Å²) in [5.41, 5.74) is 0. The van der Waals surface area contributed by atoms with E-state index in [1.54, 1.807) is 0 Å². The summed E-state index contributed by atoms with van der Waals surface area (Å²) in [6.07, 6.45) is 67.2. The van der Waals surface area contributed by atoms with Gasteiger partial charge in [0.1, 0.15) is 13.2 Å². The first-order chi connectivity index (χ1) is 31.5. The molecule has 0 fully saturated rings. The van der Waals surface area contributed by atoms with Crippen molar-refractivity contribution in [3.05, 3.63) is 85.1 Å². The third-order valence-corrected chi connectivity index (χ3v) is 11.2. The van der Waals surface area contributed by atoms with E-state index in [2.05, 4.69) is 106 Å². The van der Waals surface area contributed by atoms with Crippen LogP contribution in [0.2, 0.25) is 0 Å². The van der Waals surface area contributed by atoms with Gasteiger partial charge < -0.3 is 14.2 Å². The van der Waals surface area contributed by atoms with Crippen LogP contribution >= 0.6 is 0 Å². The number of esters is 3. The van der Waals surface area contributed by atoms with E-state index in [0.717, 1.165) is 109 Å². The van der Waals surface area contributed by atoms with Crippen molar-refractivity contribution >= 4 is 17.9 Å². The van der Waals surface area contributed by atoms with Crippen molar-refractivity contribution in [2.24, 2.45) is 0 Å². The SMILES string of the molecule is CC/C=C\C/C=C\C/C=C\C/C=C\C/C=C\C/C=C\C/C=C\CCCCCC(=O)OCC(COC(=O)CCCCCCCCCCCC)OC(=O)CCCCCCCCCCCCC. The number of unbranched alkanes of at least 4 members (excludes halogenated alkanes) is 22. The summed E-state index contributed by atoms with van der Waals surface area (Å²) in [5, 5.41) is 0. The highest BCUT2D eigenvalue weighted by atomic mass is 16.6. The second-order valence-electron chi connectivity index (χ2n) is 17.4. The molecule has 0 radical (unpaired) electrons. The van der Waals surface area contributed by atoms with Gasteiger partial charge in [-0.15, -0.1) is 0 Å². The Hall–Kier alpha value is -3.41. The lowest BCUT2D eigenvalue weighted by molar-refractivity contribution is -0.167. The third kappa shape index (κ3) is 49.6. The Morgan fingerprint density at radius 1 is 0.328 bits per heavy atom. The molecule has 0 aromatic carbocycles. The van der Waals surface area contributed by atoms with Gasteiger partial charge in [0.15, 0.2) is 6.10 Å². The molecular weight excluding hydrogens is 793 g/mol. The van der Waals surface area contributed by atoms with Crippen LogP contribution in [-0.4, -0.2) is 37.2 Å². The molecule has 0 spiro atoms. The number of hydrogen-bond acceptors (Lipinski definition) is 6. The maximum absolute atomic E-state index is 12.7. The first kappa shape index (κ1) is 60.6. The molecular formula is C58H98O6. The van der Waals surface area contributed by atoms with Crippen LogP contribution in [0, 0.1) is 0 Å². The van der Waals surface area contributed by atoms with Crippen molar-refractivity contribution in [3.8, 4) is 0 Å². The summed E-state index contributed by atoms with van der Waals surface area (Å²) in [6.45, 7) is 6.47. The van der Waals surface area contributed by atoms with Gasteiger partial charge in [-0.1, -0.05) is 234 Å². The molecule has 0 aromatic heterocycles. The smallest absolute Gasteiger partial charge is 0.306 e. The zero-order chi connectivity index (χ0) is 46.5. The molecule has 0 aliphatic heterocycles. The molecule has 0 amide bonds. The van der Waals surface area contributed by atoms with Crippen LogP contribution in [0.1, 0.15) is 245 Å². The Balaban J connectivity index is 4.33. The van der Waals surface area contributed by atoms with Gasteiger partial charge in [0, 0.05) is 19.3 Å². The van der Waals surface area contributed by atoms with Crippen molar-refractivity contribution < 1.29 is 28.6 Å². The maximum Gasteiger partial charge on any atom is 0.306 e. The Bertz CT molecular complexity index is 1250. The normalized spacial score (nSPS) is 12.7. The van der Waals surface area contributed by atoms with Crippen LogP contribution < -0.4 is 0 Å². The lowest BCUT2D eigenvalue weighted by Crippen LogP contribution is -2.30. The van der Waals surface area contributed by atoms with Crippen molar-refractivity contribution in [1.29, 1.82) is 0 Å². The summed E-state index contributed by atoms with van der Waals surface area (Å²) in [5.74, 6) is -0.920. The molecule has 64 heavy (non-hydrogen) atoms. The molecule has 0 bridgehead atoms. The van der Waals surface area contributed by atoms with E-state index in [-0.39, 0.29) is 31.1 Å². The molecule has 1 unspecified atom stereocenters. The van der Waals surface area contributed by atoms with Gasteiger partial charge in [0.05, 0.1) is 0 Å². The van der Waals surface area contributed by atoms with Gasteiger partial charge in [0.25, 0.3) is 0 Å². The van der Waals surface area contributed by atoms with Crippen LogP contribution in [-0.2, 0) is 28.6 Å². The number of ether oxygens (including phenoxy) is 3. The number of carbonyl (C=O) groups excluding carboxylic acids is 3. The molecule has 6 heteroatoms. The molecule has 0 heterocycles. The molecule has 0 rings (SSSR count). The van der Waals surface area contributed by atoms with Crippen molar-refractivity contribution in [2.75, 3.05) is 13.2 Å². The average Bonchev–Trinajstić information content (AvgIpc) is 3.29. The zero-order valence-corrected chi connectivity index (χ0v) is 41.8. The van der Waals surface area contributed by atoms with E-state index < -0.39 is 6.10 Å². The minimum Gasteiger partial charge on any atom is -0.462 e. The van der Waals surface area contributed by atoms with Gasteiger partial charge in [-0.3, -0.25) is 14.4 Å². The molecule has 0 aliphatic rings. The topological polar surface area (TPSA) is 78.9 Å². The molecule has 0 aliphatic carbocycles. The Morgan fingerprint density at radius 3 is 0.953 bits per heavy atom. The van der Waals surface area contributed by atoms with E-state index in [0.29, 0.717) is 19.3 Å². The van der Waals surface area contributed by atoms with E-state index in [1.165, 1.54) is 96.3 Å². The van der Waals surface area contributed by atoms with Crippen LogP contribution in [0.4, 0.5) is 0 Å². The Morgan fingerprint density at radius 2 is 0.609 bits per heavy atom. The van der Waals surface area contributed by atoms with Gasteiger partial charge in [-0.25, -0.2) is 0 Å². The number of hydrogen-bond donors (Lipinski definition) is 0. The summed E-state index contributed by atoms with van der Waals surface area (Å²) in [4.78, 5) is 37.9. The summed E-state index contributed by atoms with van der Waals surface area (Å²) < 4.78 is 16.7. The molecule has 0 saturated carbocycles. The largest absolute Gasteiger partial charge is 0.462 e. The fourth-order valence-electron chi connectivity index (χ4n) is 7.19. The van der Waals surface area contributed by atoms with E-state index in [9.17, 15) is 14.4 Å². The number of carbonyl (C=O) groups is 3. The lowest BCUT2D eigenvalue weighted by atomic mass is 10.1.